The molecule has 0 spiro atoms. The number of nitrogens with zero attached hydrogens (tertiary/aromatic N) is 1. The van der Waals surface area contributed by atoms with Gasteiger partial charge in [-0.3, -0.25) is 9.59 Å². The molecule has 1 rings (SSSR count). The Bertz CT molecular complexity index is 490. The minimum absolute atomic E-state index is 0.118. The van der Waals surface area contributed by atoms with E-state index in [4.69, 9.17) is 22.4 Å². The molecule has 110 valence electrons. The van der Waals surface area contributed by atoms with E-state index in [2.05, 4.69) is 6.58 Å². The molecule has 20 heavy (non-hydrogen) atoms. The molecule has 0 aliphatic carbocycles. The number of nitrogens with two attached hydrogens (primary N) is 1. The van der Waals surface area contributed by atoms with Crippen LogP contribution in [-0.4, -0.2) is 34.5 Å². The molecule has 3 N–H and O–H groups in total. The number of carboxylic acid groups (broad SMARTS) is 1. The van der Waals surface area contributed by atoms with Crippen molar-refractivity contribution < 1.29 is 14.7 Å². The standard InChI is InChI=1S/C13H17ClN2O3S/c1-2-7-16(8-9-3-5-11(14)20-9)13(19)10(15)4-6-12(17)18/h2-3,5,10H,1,4,6-8,15H2,(H,17,18). The Morgan fingerprint density at radius 1 is 1.55 bits per heavy atom. The summed E-state index contributed by atoms with van der Waals surface area (Å²) < 4.78 is 0.654. The monoisotopic (exact) mass is 316 g/mol. The SMILES string of the molecule is C=CCN(Cc1ccc(Cl)s1)C(=O)C(N)CCC(=O)O. The highest BCUT2D eigenvalue weighted by Crippen LogP contribution is 2.23. The van der Waals surface area contributed by atoms with Crippen LogP contribution in [0.25, 0.3) is 0 Å². The van der Waals surface area contributed by atoms with Crippen LogP contribution in [0, 0.1) is 0 Å². The van der Waals surface area contributed by atoms with Crippen LogP contribution in [0.4, 0.5) is 0 Å². The average Bonchev–Trinajstić information content (AvgIpc) is 2.80. The lowest BCUT2D eigenvalue weighted by molar-refractivity contribution is -0.137. The molecule has 0 saturated carbocycles. The quantitative estimate of drug-likeness (QED) is 0.719. The zero-order valence-electron chi connectivity index (χ0n) is 10.9. The molecule has 1 heterocycles. The Kier molecular flexibility index (Phi) is 6.70. The van der Waals surface area contributed by atoms with E-state index in [0.29, 0.717) is 17.4 Å². The lowest BCUT2D eigenvalue weighted by Gasteiger charge is -2.23. The van der Waals surface area contributed by atoms with Crippen LogP contribution in [0.15, 0.2) is 24.8 Å². The van der Waals surface area contributed by atoms with Crippen molar-refractivity contribution in [2.75, 3.05) is 6.54 Å². The van der Waals surface area contributed by atoms with Gasteiger partial charge in [0.15, 0.2) is 0 Å². The van der Waals surface area contributed by atoms with Gasteiger partial charge in [-0.1, -0.05) is 17.7 Å². The van der Waals surface area contributed by atoms with E-state index in [9.17, 15) is 9.59 Å². The van der Waals surface area contributed by atoms with E-state index < -0.39 is 12.0 Å². The summed E-state index contributed by atoms with van der Waals surface area (Å²) in [6.07, 6.45) is 1.60. The minimum atomic E-state index is -0.964. The van der Waals surface area contributed by atoms with Crippen molar-refractivity contribution in [2.24, 2.45) is 5.73 Å². The third-order valence-corrected chi connectivity index (χ3v) is 3.84. The zero-order chi connectivity index (χ0) is 15.1. The van der Waals surface area contributed by atoms with Gasteiger partial charge in [0.1, 0.15) is 0 Å². The number of carbonyl (C=O) groups is 2. The van der Waals surface area contributed by atoms with E-state index in [1.54, 1.807) is 17.0 Å². The first-order chi connectivity index (χ1) is 9.43. The van der Waals surface area contributed by atoms with Crippen LogP contribution in [0.3, 0.4) is 0 Å². The fourth-order valence-electron chi connectivity index (χ4n) is 1.65. The van der Waals surface area contributed by atoms with Gasteiger partial charge < -0.3 is 15.7 Å². The minimum Gasteiger partial charge on any atom is -0.481 e. The molecule has 1 aromatic rings. The molecular formula is C13H17ClN2O3S. The van der Waals surface area contributed by atoms with Crippen LogP contribution in [0.5, 0.6) is 0 Å². The topological polar surface area (TPSA) is 83.6 Å². The van der Waals surface area contributed by atoms with Gasteiger partial charge >= 0.3 is 5.97 Å². The highest BCUT2D eigenvalue weighted by Gasteiger charge is 2.21. The summed E-state index contributed by atoms with van der Waals surface area (Å²) in [5.74, 6) is -1.25. The van der Waals surface area contributed by atoms with Gasteiger partial charge in [0.05, 0.1) is 16.9 Å². The predicted octanol–water partition coefficient (Wildman–Crippen LogP) is 2.11. The summed E-state index contributed by atoms with van der Waals surface area (Å²) in [5.41, 5.74) is 5.74. The zero-order valence-corrected chi connectivity index (χ0v) is 12.5. The van der Waals surface area contributed by atoms with Crippen LogP contribution in [-0.2, 0) is 16.1 Å². The number of carbonyl (C=O) groups excluding carboxylic acids is 1. The molecule has 0 aliphatic heterocycles. The van der Waals surface area contributed by atoms with E-state index in [0.717, 1.165) is 4.88 Å². The molecular weight excluding hydrogens is 300 g/mol. The third-order valence-electron chi connectivity index (χ3n) is 2.62. The normalized spacial score (nSPS) is 11.9. The Labute approximate surface area is 126 Å². The molecule has 0 radical (unpaired) electrons. The maximum atomic E-state index is 12.2. The number of thiophene rings is 1. The average molecular weight is 317 g/mol. The fourth-order valence-corrected chi connectivity index (χ4v) is 2.75. The maximum absolute atomic E-state index is 12.2. The fraction of sp³-hybridized carbons (Fsp3) is 0.385. The van der Waals surface area contributed by atoms with Crippen molar-refractivity contribution in [3.05, 3.63) is 34.0 Å². The maximum Gasteiger partial charge on any atom is 0.303 e. The first kappa shape index (κ1) is 16.7. The van der Waals surface area contributed by atoms with Gasteiger partial charge in [-0.25, -0.2) is 0 Å². The van der Waals surface area contributed by atoms with Crippen molar-refractivity contribution in [3.8, 4) is 0 Å². The summed E-state index contributed by atoms with van der Waals surface area (Å²) >= 11 is 7.24. The first-order valence-electron chi connectivity index (χ1n) is 6.05. The van der Waals surface area contributed by atoms with Gasteiger partial charge in [0, 0.05) is 17.8 Å². The van der Waals surface area contributed by atoms with Gasteiger partial charge in [0.25, 0.3) is 0 Å². The molecule has 0 fully saturated rings. The second kappa shape index (κ2) is 8.04. The largest absolute Gasteiger partial charge is 0.481 e. The van der Waals surface area contributed by atoms with Crippen molar-refractivity contribution in [1.82, 2.24) is 4.90 Å². The number of hydrogen-bond donors (Lipinski definition) is 2. The highest BCUT2D eigenvalue weighted by molar-refractivity contribution is 7.16. The number of hydrogen-bond acceptors (Lipinski definition) is 4. The van der Waals surface area contributed by atoms with Crippen molar-refractivity contribution in [3.63, 3.8) is 0 Å². The van der Waals surface area contributed by atoms with Gasteiger partial charge in [-0.15, -0.1) is 17.9 Å². The molecule has 0 saturated heterocycles. The number of rotatable bonds is 8. The molecule has 1 aromatic heterocycles. The Hall–Kier alpha value is -1.37. The van der Waals surface area contributed by atoms with Gasteiger partial charge in [-0.05, 0) is 18.6 Å². The van der Waals surface area contributed by atoms with E-state index in [1.165, 1.54) is 11.3 Å². The Morgan fingerprint density at radius 3 is 2.75 bits per heavy atom. The van der Waals surface area contributed by atoms with Crippen molar-refractivity contribution in [2.45, 2.75) is 25.4 Å². The predicted molar refractivity (Wildman–Crippen MR) is 79.8 cm³/mol. The Morgan fingerprint density at radius 2 is 2.25 bits per heavy atom. The second-order valence-electron chi connectivity index (χ2n) is 4.25. The molecule has 1 amide bonds. The molecule has 1 unspecified atom stereocenters. The molecule has 5 nitrogen and oxygen atoms in total. The van der Waals surface area contributed by atoms with Crippen LogP contribution in [0.2, 0.25) is 4.34 Å². The van der Waals surface area contributed by atoms with Crippen LogP contribution in [0.1, 0.15) is 17.7 Å². The number of aliphatic carboxylic acids is 1. The number of carboxylic acids is 1. The smallest absolute Gasteiger partial charge is 0.303 e. The molecule has 7 heteroatoms. The summed E-state index contributed by atoms with van der Waals surface area (Å²) in [5, 5.41) is 8.61. The molecule has 0 bridgehead atoms. The summed E-state index contributed by atoms with van der Waals surface area (Å²) in [4.78, 5) is 25.2. The second-order valence-corrected chi connectivity index (χ2v) is 6.05. The summed E-state index contributed by atoms with van der Waals surface area (Å²) in [7, 11) is 0. The number of amides is 1. The third kappa shape index (κ3) is 5.32. The van der Waals surface area contributed by atoms with Gasteiger partial charge in [0.2, 0.25) is 5.91 Å². The Balaban J connectivity index is 2.66. The number of halogens is 1. The van der Waals surface area contributed by atoms with E-state index in [-0.39, 0.29) is 18.7 Å². The van der Waals surface area contributed by atoms with Crippen molar-refractivity contribution in [1.29, 1.82) is 0 Å². The van der Waals surface area contributed by atoms with Crippen LogP contribution >= 0.6 is 22.9 Å². The van der Waals surface area contributed by atoms with Gasteiger partial charge in [-0.2, -0.15) is 0 Å². The van der Waals surface area contributed by atoms with E-state index >= 15 is 0 Å². The molecule has 1 atom stereocenters. The first-order valence-corrected chi connectivity index (χ1v) is 7.24. The summed E-state index contributed by atoms with van der Waals surface area (Å²) in [6, 6.07) is 2.79. The molecule has 0 aromatic carbocycles. The van der Waals surface area contributed by atoms with Crippen molar-refractivity contribution >= 4 is 34.8 Å². The van der Waals surface area contributed by atoms with E-state index in [1.807, 2.05) is 6.07 Å². The molecule has 0 aliphatic rings. The highest BCUT2D eigenvalue weighted by atomic mass is 35.5. The van der Waals surface area contributed by atoms with Crippen LogP contribution < -0.4 is 5.73 Å². The lowest BCUT2D eigenvalue weighted by atomic mass is 10.1. The summed E-state index contributed by atoms with van der Waals surface area (Å²) in [6.45, 7) is 4.36. The lowest BCUT2D eigenvalue weighted by Crippen LogP contribution is -2.43.